The zero-order valence-corrected chi connectivity index (χ0v) is 36.3. The number of unbranched alkanes of at least 4 members (excludes halogenated alkanes) is 2. The molecule has 7 nitrogen and oxygen atoms in total. The molecule has 0 amide bonds. The van der Waals surface area contributed by atoms with Crippen LogP contribution in [0, 0.1) is 5.41 Å². The highest BCUT2D eigenvalue weighted by Crippen LogP contribution is 2.52. The van der Waals surface area contributed by atoms with E-state index in [9.17, 15) is 25.9 Å². The Morgan fingerprint density at radius 3 is 2.09 bits per heavy atom. The second kappa shape index (κ2) is 16.6. The smallest absolute Gasteiger partial charge is 0.264 e. The molecule has 58 heavy (non-hydrogen) atoms. The van der Waals surface area contributed by atoms with Crippen molar-refractivity contribution in [1.82, 2.24) is 0 Å². The van der Waals surface area contributed by atoms with Gasteiger partial charge in [-0.15, -0.1) is 0 Å². The number of halogens is 1. The number of hydrogen-bond donors (Lipinski definition) is 2. The molecule has 0 atom stereocenters. The summed E-state index contributed by atoms with van der Waals surface area (Å²) in [6.45, 7) is 9.66. The molecule has 4 aromatic carbocycles. The summed E-state index contributed by atoms with van der Waals surface area (Å²) in [5.41, 5.74) is 10.0. The normalized spacial score (nSPS) is 19.6. The summed E-state index contributed by atoms with van der Waals surface area (Å²) in [5.74, 6) is -0.513. The van der Waals surface area contributed by atoms with Gasteiger partial charge in [-0.05, 0) is 130 Å². The molecule has 0 saturated heterocycles. The van der Waals surface area contributed by atoms with Gasteiger partial charge in [-0.2, -0.15) is 16.8 Å². The molecule has 0 bridgehead atoms. The van der Waals surface area contributed by atoms with E-state index in [-0.39, 0.29) is 22.3 Å². The summed E-state index contributed by atoms with van der Waals surface area (Å²) in [4.78, 5) is 2.33. The SMILES string of the molecule is CC1(C)Cc2c(ccc3ccccc23)N(CCCCS(=O)(=O)O)/C1=C/C=C1\CCCC(/C=C/C2=C(CCCCS(=O)(=O)O)c3ccc4ccccc4c3C2(C)C)=C1Cl. The van der Waals surface area contributed by atoms with Gasteiger partial charge in [-0.1, -0.05) is 124 Å². The van der Waals surface area contributed by atoms with Crippen LogP contribution < -0.4 is 4.90 Å². The molecular formula is C48H54ClNO6S2. The van der Waals surface area contributed by atoms with Crippen LogP contribution in [0.4, 0.5) is 5.69 Å². The Hall–Kier alpha value is -3.99. The number of anilines is 1. The first-order valence-corrected chi connectivity index (χ1v) is 24.0. The quantitative estimate of drug-likeness (QED) is 0.102. The highest BCUT2D eigenvalue weighted by molar-refractivity contribution is 7.86. The highest BCUT2D eigenvalue weighted by atomic mass is 35.5. The summed E-state index contributed by atoms with van der Waals surface area (Å²) < 4.78 is 64.9. The van der Waals surface area contributed by atoms with Crippen LogP contribution in [-0.2, 0) is 32.1 Å². The van der Waals surface area contributed by atoms with Crippen molar-refractivity contribution < 1.29 is 25.9 Å². The molecule has 1 aliphatic heterocycles. The maximum Gasteiger partial charge on any atom is 0.264 e. The summed E-state index contributed by atoms with van der Waals surface area (Å²) in [7, 11) is -8.07. The average Bonchev–Trinajstić information content (AvgIpc) is 3.38. The Morgan fingerprint density at radius 2 is 1.38 bits per heavy atom. The van der Waals surface area contributed by atoms with Crippen LogP contribution in [0.3, 0.4) is 0 Å². The van der Waals surface area contributed by atoms with Crippen molar-refractivity contribution in [1.29, 1.82) is 0 Å². The third-order valence-corrected chi connectivity index (χ3v) is 14.3. The molecule has 0 fully saturated rings. The average molecular weight is 841 g/mol. The number of hydrogen-bond acceptors (Lipinski definition) is 5. The predicted octanol–water partition coefficient (Wildman–Crippen LogP) is 11.9. The van der Waals surface area contributed by atoms with E-state index in [4.69, 9.17) is 11.6 Å². The maximum atomic E-state index is 11.6. The van der Waals surface area contributed by atoms with Crippen LogP contribution in [0.1, 0.15) is 95.8 Å². The van der Waals surface area contributed by atoms with Crippen LogP contribution in [0.25, 0.3) is 27.1 Å². The van der Waals surface area contributed by atoms with Gasteiger partial charge < -0.3 is 4.90 Å². The van der Waals surface area contributed by atoms with E-state index < -0.39 is 20.2 Å². The molecule has 2 aliphatic carbocycles. The number of nitrogens with zero attached hydrogens (tertiary/aromatic N) is 1. The van der Waals surface area contributed by atoms with E-state index in [2.05, 4.69) is 130 Å². The molecular weight excluding hydrogens is 786 g/mol. The topological polar surface area (TPSA) is 112 Å². The molecule has 0 saturated carbocycles. The Bertz CT molecular complexity index is 2650. The third-order valence-electron chi connectivity index (χ3n) is 12.2. The third kappa shape index (κ3) is 8.94. The summed E-state index contributed by atoms with van der Waals surface area (Å²) >= 11 is 7.31. The molecule has 0 radical (unpaired) electrons. The second-order valence-corrected chi connectivity index (χ2v) is 20.8. The van der Waals surface area contributed by atoms with Crippen LogP contribution >= 0.6 is 11.6 Å². The minimum absolute atomic E-state index is 0.234. The van der Waals surface area contributed by atoms with Crippen molar-refractivity contribution in [2.24, 2.45) is 5.41 Å². The molecule has 7 rings (SSSR count). The van der Waals surface area contributed by atoms with E-state index in [1.807, 2.05) is 0 Å². The van der Waals surface area contributed by atoms with Crippen molar-refractivity contribution in [3.05, 3.63) is 141 Å². The van der Waals surface area contributed by atoms with E-state index in [1.165, 1.54) is 49.4 Å². The van der Waals surface area contributed by atoms with Gasteiger partial charge >= 0.3 is 0 Å². The number of rotatable bonds is 13. The van der Waals surface area contributed by atoms with E-state index >= 15 is 0 Å². The standard InChI is InChI=1S/C48H54ClNO6S2/c1-47(2)32-41-37-18-7-5-14-33(37)23-27-43(41)50(29-10-12-31-58(54,55)56)44(47)28-24-36-17-13-16-35(46(36)49)22-26-42-39(20-9-11-30-57(51,52)53)40-25-21-34-15-6-8-19-38(34)45(40)48(42,3)4/h5-8,14-15,18-19,21-28H,9-13,16-17,20,29-32H2,1-4H3,(H,51,52,53)(H,54,55,56)/b26-22+,36-24+,44-28+. The first-order valence-electron chi connectivity index (χ1n) is 20.4. The van der Waals surface area contributed by atoms with Gasteiger partial charge in [0.2, 0.25) is 0 Å². The Kier molecular flexibility index (Phi) is 12.0. The minimum Gasteiger partial charge on any atom is -0.344 e. The fourth-order valence-electron chi connectivity index (χ4n) is 9.49. The molecule has 4 aromatic rings. The fraction of sp³-hybridized carbons (Fsp3) is 0.375. The Morgan fingerprint density at radius 1 is 0.741 bits per heavy atom. The number of benzene rings is 4. The zero-order valence-electron chi connectivity index (χ0n) is 33.9. The van der Waals surface area contributed by atoms with Gasteiger partial charge in [0, 0.05) is 33.8 Å². The molecule has 0 aromatic heterocycles. The lowest BCUT2D eigenvalue weighted by molar-refractivity contribution is 0.413. The molecule has 1 heterocycles. The van der Waals surface area contributed by atoms with Crippen molar-refractivity contribution in [2.45, 2.75) is 90.9 Å². The summed E-state index contributed by atoms with van der Waals surface area (Å²) in [6, 6.07) is 25.6. The summed E-state index contributed by atoms with van der Waals surface area (Å²) in [5, 5.41) is 5.57. The van der Waals surface area contributed by atoms with Crippen LogP contribution in [-0.4, -0.2) is 44.0 Å². The van der Waals surface area contributed by atoms with Gasteiger partial charge in [0.25, 0.3) is 20.2 Å². The lowest BCUT2D eigenvalue weighted by Crippen LogP contribution is -2.39. The van der Waals surface area contributed by atoms with Crippen LogP contribution in [0.2, 0.25) is 0 Å². The van der Waals surface area contributed by atoms with Crippen LogP contribution in [0.5, 0.6) is 0 Å². The fourth-order valence-corrected chi connectivity index (χ4v) is 10.9. The van der Waals surface area contributed by atoms with E-state index in [0.29, 0.717) is 38.6 Å². The van der Waals surface area contributed by atoms with Crippen LogP contribution in [0.15, 0.2) is 125 Å². The Labute approximate surface area is 349 Å². The minimum atomic E-state index is -4.04. The van der Waals surface area contributed by atoms with E-state index in [0.717, 1.165) is 53.2 Å². The van der Waals surface area contributed by atoms with Gasteiger partial charge in [0.05, 0.1) is 11.5 Å². The number of allylic oxidation sites excluding steroid dienone is 10. The Balaban J connectivity index is 1.24. The largest absolute Gasteiger partial charge is 0.344 e. The highest BCUT2D eigenvalue weighted by Gasteiger charge is 2.38. The second-order valence-electron chi connectivity index (χ2n) is 17.2. The molecule has 10 heteroatoms. The monoisotopic (exact) mass is 839 g/mol. The summed E-state index contributed by atoms with van der Waals surface area (Å²) in [6.07, 6.45) is 14.9. The number of fused-ring (bicyclic) bond motifs is 6. The lowest BCUT2D eigenvalue weighted by Gasteiger charge is -2.44. The first-order chi connectivity index (χ1) is 27.4. The maximum absolute atomic E-state index is 11.6. The van der Waals surface area contributed by atoms with Gasteiger partial charge in [0.15, 0.2) is 0 Å². The first kappa shape index (κ1) is 42.1. The molecule has 3 aliphatic rings. The van der Waals surface area contributed by atoms with Crippen molar-refractivity contribution in [3.63, 3.8) is 0 Å². The molecule has 2 N–H and O–H groups in total. The van der Waals surface area contributed by atoms with E-state index in [1.54, 1.807) is 0 Å². The van der Waals surface area contributed by atoms with Crippen molar-refractivity contribution in [2.75, 3.05) is 23.0 Å². The van der Waals surface area contributed by atoms with Gasteiger partial charge in [-0.3, -0.25) is 9.11 Å². The predicted molar refractivity (Wildman–Crippen MR) is 241 cm³/mol. The molecule has 306 valence electrons. The molecule has 0 spiro atoms. The van der Waals surface area contributed by atoms with Crippen molar-refractivity contribution in [3.8, 4) is 0 Å². The zero-order chi connectivity index (χ0) is 41.5. The van der Waals surface area contributed by atoms with Gasteiger partial charge in [0.1, 0.15) is 0 Å². The lowest BCUT2D eigenvalue weighted by atomic mass is 9.76. The molecule has 0 unspecified atom stereocenters. The van der Waals surface area contributed by atoms with Gasteiger partial charge in [-0.25, -0.2) is 0 Å². The van der Waals surface area contributed by atoms with Crippen molar-refractivity contribution >= 4 is 64.6 Å².